The van der Waals surface area contributed by atoms with Crippen molar-refractivity contribution in [2.75, 3.05) is 0 Å². The molecule has 0 amide bonds. The predicted octanol–water partition coefficient (Wildman–Crippen LogP) is 3.60. The van der Waals surface area contributed by atoms with Crippen LogP contribution in [0.25, 0.3) is 0 Å². The van der Waals surface area contributed by atoms with E-state index in [0.29, 0.717) is 6.42 Å². The van der Waals surface area contributed by atoms with Gasteiger partial charge in [0.25, 0.3) is 0 Å². The third kappa shape index (κ3) is 4.31. The van der Waals surface area contributed by atoms with Gasteiger partial charge in [-0.3, -0.25) is 4.79 Å². The highest BCUT2D eigenvalue weighted by Crippen LogP contribution is 2.26. The number of benzene rings is 1. The van der Waals surface area contributed by atoms with Crippen molar-refractivity contribution in [2.45, 2.75) is 45.6 Å². The molecule has 0 fully saturated rings. The first-order chi connectivity index (χ1) is 8.41. The minimum Gasteiger partial charge on any atom is -0.481 e. The van der Waals surface area contributed by atoms with Crippen LogP contribution in [-0.2, 0) is 4.79 Å². The van der Waals surface area contributed by atoms with Crippen molar-refractivity contribution >= 4 is 17.6 Å². The van der Waals surface area contributed by atoms with E-state index >= 15 is 0 Å². The molecule has 0 bridgehead atoms. The number of carboxylic acid groups (broad SMARTS) is 1. The highest BCUT2D eigenvalue weighted by Gasteiger charge is 2.11. The minimum absolute atomic E-state index is 0.0465. The van der Waals surface area contributed by atoms with Gasteiger partial charge in [-0.1, -0.05) is 24.1 Å². The highest BCUT2D eigenvalue weighted by atomic mass is 35.5. The molecule has 0 aliphatic rings. The topological polar surface area (TPSA) is 63.3 Å². The van der Waals surface area contributed by atoms with E-state index in [4.69, 9.17) is 22.4 Å². The first-order valence-corrected chi connectivity index (χ1v) is 6.53. The largest absolute Gasteiger partial charge is 0.481 e. The third-order valence-electron chi connectivity index (χ3n) is 3.10. The molecule has 0 aliphatic heterocycles. The van der Waals surface area contributed by atoms with Crippen LogP contribution in [0.1, 0.15) is 48.4 Å². The monoisotopic (exact) mass is 269 g/mol. The van der Waals surface area contributed by atoms with E-state index in [1.165, 1.54) is 0 Å². The fourth-order valence-electron chi connectivity index (χ4n) is 2.00. The Hall–Kier alpha value is -1.06. The standard InChI is InChI=1S/C14H20ClNO2/c1-9-8-12(15)10(2)7-11(9)13(16)5-3-4-6-14(17)18/h7-8,13H,3-6,16H2,1-2H3,(H,17,18). The van der Waals surface area contributed by atoms with Crippen LogP contribution in [0.4, 0.5) is 0 Å². The number of halogens is 1. The van der Waals surface area contributed by atoms with Gasteiger partial charge in [0.05, 0.1) is 0 Å². The molecule has 0 aromatic heterocycles. The molecule has 1 aromatic rings. The Bertz CT molecular complexity index is 432. The zero-order valence-electron chi connectivity index (χ0n) is 10.9. The normalized spacial score (nSPS) is 12.4. The Kier molecular flexibility index (Phi) is 5.63. The number of carboxylic acids is 1. The van der Waals surface area contributed by atoms with Gasteiger partial charge in [-0.25, -0.2) is 0 Å². The van der Waals surface area contributed by atoms with Crippen LogP contribution >= 0.6 is 11.6 Å². The lowest BCUT2D eigenvalue weighted by atomic mass is 9.95. The summed E-state index contributed by atoms with van der Waals surface area (Å²) in [6, 6.07) is 3.91. The van der Waals surface area contributed by atoms with E-state index in [-0.39, 0.29) is 12.5 Å². The third-order valence-corrected chi connectivity index (χ3v) is 3.51. The molecule has 1 aromatic carbocycles. The maximum Gasteiger partial charge on any atom is 0.303 e. The molecule has 0 saturated heterocycles. The molecule has 3 nitrogen and oxygen atoms in total. The van der Waals surface area contributed by atoms with Gasteiger partial charge in [0.2, 0.25) is 0 Å². The zero-order chi connectivity index (χ0) is 13.7. The van der Waals surface area contributed by atoms with Gasteiger partial charge in [0.1, 0.15) is 0 Å². The predicted molar refractivity (Wildman–Crippen MR) is 74.0 cm³/mol. The van der Waals surface area contributed by atoms with Crippen molar-refractivity contribution in [3.05, 3.63) is 33.8 Å². The number of hydrogen-bond donors (Lipinski definition) is 2. The summed E-state index contributed by atoms with van der Waals surface area (Å²) >= 11 is 6.05. The van der Waals surface area contributed by atoms with E-state index in [1.54, 1.807) is 0 Å². The first kappa shape index (κ1) is 15.0. The highest BCUT2D eigenvalue weighted by molar-refractivity contribution is 6.31. The van der Waals surface area contributed by atoms with Crippen LogP contribution in [0.15, 0.2) is 12.1 Å². The van der Waals surface area contributed by atoms with Gasteiger partial charge in [-0.2, -0.15) is 0 Å². The molecule has 0 spiro atoms. The van der Waals surface area contributed by atoms with Crippen molar-refractivity contribution in [1.82, 2.24) is 0 Å². The average molecular weight is 270 g/mol. The van der Waals surface area contributed by atoms with Crippen LogP contribution < -0.4 is 5.73 Å². The van der Waals surface area contributed by atoms with Gasteiger partial charge in [0, 0.05) is 17.5 Å². The summed E-state index contributed by atoms with van der Waals surface area (Å²) in [6.07, 6.45) is 2.52. The van der Waals surface area contributed by atoms with E-state index in [2.05, 4.69) is 0 Å². The lowest BCUT2D eigenvalue weighted by Gasteiger charge is -2.16. The summed E-state index contributed by atoms with van der Waals surface area (Å²) in [5.41, 5.74) is 9.37. The van der Waals surface area contributed by atoms with Crippen LogP contribution in [0.2, 0.25) is 5.02 Å². The quantitative estimate of drug-likeness (QED) is 0.776. The SMILES string of the molecule is Cc1cc(C(N)CCCCC(=O)O)c(C)cc1Cl. The van der Waals surface area contributed by atoms with Gasteiger partial charge in [-0.05, 0) is 49.4 Å². The second-order valence-electron chi connectivity index (χ2n) is 4.70. The number of carbonyl (C=O) groups is 1. The van der Waals surface area contributed by atoms with Crippen LogP contribution in [0, 0.1) is 13.8 Å². The molecule has 1 unspecified atom stereocenters. The van der Waals surface area contributed by atoms with E-state index in [0.717, 1.165) is 34.6 Å². The van der Waals surface area contributed by atoms with Crippen molar-refractivity contribution < 1.29 is 9.90 Å². The molecule has 0 saturated carbocycles. The van der Waals surface area contributed by atoms with Gasteiger partial charge >= 0.3 is 5.97 Å². The first-order valence-electron chi connectivity index (χ1n) is 6.16. The zero-order valence-corrected chi connectivity index (χ0v) is 11.6. The summed E-state index contributed by atoms with van der Waals surface area (Å²) in [5, 5.41) is 9.32. The Balaban J connectivity index is 2.58. The van der Waals surface area contributed by atoms with Gasteiger partial charge in [-0.15, -0.1) is 0 Å². The van der Waals surface area contributed by atoms with Crippen LogP contribution in [0.3, 0.4) is 0 Å². The summed E-state index contributed by atoms with van der Waals surface area (Å²) < 4.78 is 0. The van der Waals surface area contributed by atoms with E-state index < -0.39 is 5.97 Å². The Morgan fingerprint density at radius 3 is 2.61 bits per heavy atom. The average Bonchev–Trinajstić information content (AvgIpc) is 2.28. The smallest absolute Gasteiger partial charge is 0.303 e. The number of hydrogen-bond acceptors (Lipinski definition) is 2. The van der Waals surface area contributed by atoms with Crippen molar-refractivity contribution in [1.29, 1.82) is 0 Å². The molecule has 0 radical (unpaired) electrons. The summed E-state index contributed by atoms with van der Waals surface area (Å²) in [7, 11) is 0. The molecule has 3 N–H and O–H groups in total. The molecule has 100 valence electrons. The van der Waals surface area contributed by atoms with Crippen molar-refractivity contribution in [3.8, 4) is 0 Å². The van der Waals surface area contributed by atoms with Gasteiger partial charge < -0.3 is 10.8 Å². The number of unbranched alkanes of at least 4 members (excludes halogenated alkanes) is 1. The van der Waals surface area contributed by atoms with Crippen molar-refractivity contribution in [3.63, 3.8) is 0 Å². The van der Waals surface area contributed by atoms with E-state index in [9.17, 15) is 4.79 Å². The number of nitrogens with two attached hydrogens (primary N) is 1. The Labute approximate surface area is 113 Å². The lowest BCUT2D eigenvalue weighted by molar-refractivity contribution is -0.137. The molecule has 18 heavy (non-hydrogen) atoms. The fraction of sp³-hybridized carbons (Fsp3) is 0.500. The second kappa shape index (κ2) is 6.76. The second-order valence-corrected chi connectivity index (χ2v) is 5.11. The molecule has 1 atom stereocenters. The van der Waals surface area contributed by atoms with Crippen molar-refractivity contribution in [2.24, 2.45) is 5.73 Å². The summed E-state index contributed by atoms with van der Waals surface area (Å²) in [5.74, 6) is -0.748. The summed E-state index contributed by atoms with van der Waals surface area (Å²) in [4.78, 5) is 10.4. The van der Waals surface area contributed by atoms with E-state index in [1.807, 2.05) is 26.0 Å². The molecule has 1 rings (SSSR count). The molecule has 4 heteroatoms. The Morgan fingerprint density at radius 1 is 1.33 bits per heavy atom. The van der Waals surface area contributed by atoms with Gasteiger partial charge in [0.15, 0.2) is 0 Å². The number of rotatable bonds is 6. The maximum atomic E-state index is 10.4. The molecular weight excluding hydrogens is 250 g/mol. The number of aryl methyl sites for hydroxylation is 2. The lowest BCUT2D eigenvalue weighted by Crippen LogP contribution is -2.12. The summed E-state index contributed by atoms with van der Waals surface area (Å²) in [6.45, 7) is 3.96. The molecule has 0 heterocycles. The Morgan fingerprint density at radius 2 is 2.00 bits per heavy atom. The van der Waals surface area contributed by atoms with Crippen LogP contribution in [0.5, 0.6) is 0 Å². The number of aliphatic carboxylic acids is 1. The molecular formula is C14H20ClNO2. The van der Waals surface area contributed by atoms with Crippen LogP contribution in [-0.4, -0.2) is 11.1 Å². The maximum absolute atomic E-state index is 10.4. The fourth-order valence-corrected chi connectivity index (χ4v) is 2.22. The molecule has 0 aliphatic carbocycles. The minimum atomic E-state index is -0.748.